The van der Waals surface area contributed by atoms with Crippen LogP contribution in [0.3, 0.4) is 0 Å². The zero-order valence-electron chi connectivity index (χ0n) is 9.58. The first-order valence-corrected chi connectivity index (χ1v) is 6.61. The van der Waals surface area contributed by atoms with Gasteiger partial charge >= 0.3 is 0 Å². The van der Waals surface area contributed by atoms with Crippen LogP contribution in [-0.4, -0.2) is 31.9 Å². The molecule has 1 heterocycles. The van der Waals surface area contributed by atoms with E-state index < -0.39 is 15.9 Å². The number of rotatable bonds is 5. The third kappa shape index (κ3) is 4.41. The van der Waals surface area contributed by atoms with Crippen molar-refractivity contribution in [1.29, 1.82) is 0 Å². The van der Waals surface area contributed by atoms with Crippen LogP contribution in [0, 0.1) is 0 Å². The van der Waals surface area contributed by atoms with Crippen LogP contribution >= 0.6 is 0 Å². The molecule has 0 fully saturated rings. The number of sulfonamides is 1. The van der Waals surface area contributed by atoms with E-state index in [1.54, 1.807) is 12.1 Å². The molecule has 0 saturated carbocycles. The molecule has 0 spiro atoms. The molecule has 94 valence electrons. The van der Waals surface area contributed by atoms with E-state index in [1.807, 2.05) is 0 Å². The third-order valence-corrected chi connectivity index (χ3v) is 3.30. The number of amides is 1. The number of hydrogen-bond donors (Lipinski definition) is 1. The molecule has 0 unspecified atom stereocenters. The molecule has 0 atom stereocenters. The Labute approximate surface area is 99.7 Å². The Morgan fingerprint density at radius 3 is 2.71 bits per heavy atom. The highest BCUT2D eigenvalue weighted by molar-refractivity contribution is 7.88. The molecular formula is C10H14N2O4S. The number of carbonyl (C=O) groups is 1. The van der Waals surface area contributed by atoms with Crippen molar-refractivity contribution >= 4 is 22.0 Å². The predicted molar refractivity (Wildman–Crippen MR) is 63.2 cm³/mol. The Kier molecular flexibility index (Phi) is 4.08. The molecule has 0 bridgehead atoms. The van der Waals surface area contributed by atoms with Gasteiger partial charge in [0.15, 0.2) is 0 Å². The zero-order chi connectivity index (χ0) is 13.1. The summed E-state index contributed by atoms with van der Waals surface area (Å²) in [5.74, 6) is 0.360. The summed E-state index contributed by atoms with van der Waals surface area (Å²) in [6.07, 6.45) is 3.71. The van der Waals surface area contributed by atoms with E-state index in [-0.39, 0.29) is 6.54 Å². The largest absolute Gasteiger partial charge is 0.460 e. The molecule has 1 aromatic rings. The first-order valence-electron chi connectivity index (χ1n) is 4.76. The number of hydrogen-bond acceptors (Lipinski definition) is 4. The van der Waals surface area contributed by atoms with Crippen molar-refractivity contribution in [2.45, 2.75) is 6.54 Å². The Bertz CT molecular complexity index is 530. The van der Waals surface area contributed by atoms with Crippen molar-refractivity contribution < 1.29 is 17.6 Å². The van der Waals surface area contributed by atoms with Gasteiger partial charge in [-0.3, -0.25) is 4.79 Å². The SMILES string of the molecule is CN(Cc1ccc(/C=C\C(N)=O)o1)S(C)(=O)=O. The Morgan fingerprint density at radius 2 is 2.18 bits per heavy atom. The first-order chi connectivity index (χ1) is 7.79. The highest BCUT2D eigenvalue weighted by Crippen LogP contribution is 2.12. The third-order valence-electron chi connectivity index (χ3n) is 2.04. The highest BCUT2D eigenvalue weighted by atomic mass is 32.2. The lowest BCUT2D eigenvalue weighted by Gasteiger charge is -2.11. The van der Waals surface area contributed by atoms with E-state index in [4.69, 9.17) is 10.2 Å². The minimum atomic E-state index is -3.24. The number of furan rings is 1. The van der Waals surface area contributed by atoms with Crippen LogP contribution in [0.2, 0.25) is 0 Å². The average Bonchev–Trinajstić information content (AvgIpc) is 2.61. The van der Waals surface area contributed by atoms with Crippen LogP contribution in [0.1, 0.15) is 11.5 Å². The molecule has 17 heavy (non-hydrogen) atoms. The van der Waals surface area contributed by atoms with Crippen LogP contribution in [0.25, 0.3) is 6.08 Å². The topological polar surface area (TPSA) is 93.6 Å². The van der Waals surface area contributed by atoms with Crippen molar-refractivity contribution in [1.82, 2.24) is 4.31 Å². The molecule has 0 aliphatic heterocycles. The maximum absolute atomic E-state index is 11.2. The van der Waals surface area contributed by atoms with Crippen LogP contribution in [0.4, 0.5) is 0 Å². The van der Waals surface area contributed by atoms with Gasteiger partial charge in [0.25, 0.3) is 0 Å². The molecule has 0 aliphatic rings. The van der Waals surface area contributed by atoms with E-state index in [0.717, 1.165) is 10.6 Å². The molecular weight excluding hydrogens is 244 g/mol. The van der Waals surface area contributed by atoms with Gasteiger partial charge in [-0.1, -0.05) is 0 Å². The second-order valence-electron chi connectivity index (χ2n) is 3.56. The fourth-order valence-corrected chi connectivity index (χ4v) is 1.43. The summed E-state index contributed by atoms with van der Waals surface area (Å²) < 4.78 is 28.8. The molecule has 1 amide bonds. The summed E-state index contributed by atoms with van der Waals surface area (Å²) >= 11 is 0. The molecule has 1 aromatic heterocycles. The molecule has 0 aliphatic carbocycles. The lowest BCUT2D eigenvalue weighted by Crippen LogP contribution is -2.24. The van der Waals surface area contributed by atoms with Crippen LogP contribution in [0.5, 0.6) is 0 Å². The molecule has 2 N–H and O–H groups in total. The zero-order valence-corrected chi connectivity index (χ0v) is 10.4. The fraction of sp³-hybridized carbons (Fsp3) is 0.300. The molecule has 0 saturated heterocycles. The lowest BCUT2D eigenvalue weighted by molar-refractivity contribution is -0.113. The quantitative estimate of drug-likeness (QED) is 0.762. The maximum atomic E-state index is 11.2. The standard InChI is InChI=1S/C10H14N2O4S/c1-12(17(2,14)15)7-9-4-3-8(16-9)5-6-10(11)13/h3-6H,7H2,1-2H3,(H2,11,13)/b6-5-. The van der Waals surface area contributed by atoms with Gasteiger partial charge in [-0.25, -0.2) is 8.42 Å². The van der Waals surface area contributed by atoms with Gasteiger partial charge in [-0.15, -0.1) is 0 Å². The minimum Gasteiger partial charge on any atom is -0.460 e. The summed E-state index contributed by atoms with van der Waals surface area (Å²) in [7, 11) is -1.78. The van der Waals surface area contributed by atoms with E-state index in [2.05, 4.69) is 0 Å². The first kappa shape index (κ1) is 13.5. The van der Waals surface area contributed by atoms with Gasteiger partial charge in [0.05, 0.1) is 12.8 Å². The van der Waals surface area contributed by atoms with E-state index >= 15 is 0 Å². The number of nitrogens with zero attached hydrogens (tertiary/aromatic N) is 1. The summed E-state index contributed by atoms with van der Waals surface area (Å²) in [5.41, 5.74) is 4.93. The van der Waals surface area contributed by atoms with E-state index in [1.165, 1.54) is 19.2 Å². The molecule has 0 radical (unpaired) electrons. The lowest BCUT2D eigenvalue weighted by atomic mass is 10.4. The van der Waals surface area contributed by atoms with Gasteiger partial charge < -0.3 is 10.2 Å². The second-order valence-corrected chi connectivity index (χ2v) is 5.65. The number of nitrogens with two attached hydrogens (primary N) is 1. The van der Waals surface area contributed by atoms with Crippen molar-refractivity contribution in [2.75, 3.05) is 13.3 Å². The molecule has 0 aromatic carbocycles. The van der Waals surface area contributed by atoms with Crippen LogP contribution in [-0.2, 0) is 21.4 Å². The van der Waals surface area contributed by atoms with Gasteiger partial charge in [-0.2, -0.15) is 4.31 Å². The highest BCUT2D eigenvalue weighted by Gasteiger charge is 2.13. The monoisotopic (exact) mass is 258 g/mol. The van der Waals surface area contributed by atoms with Crippen molar-refractivity contribution in [3.8, 4) is 0 Å². The van der Waals surface area contributed by atoms with Crippen molar-refractivity contribution in [3.05, 3.63) is 29.7 Å². The average molecular weight is 258 g/mol. The van der Waals surface area contributed by atoms with Crippen molar-refractivity contribution in [3.63, 3.8) is 0 Å². The molecule has 6 nitrogen and oxygen atoms in total. The Morgan fingerprint density at radius 1 is 1.53 bits per heavy atom. The van der Waals surface area contributed by atoms with Gasteiger partial charge in [0.2, 0.25) is 15.9 Å². The van der Waals surface area contributed by atoms with Gasteiger partial charge in [0.1, 0.15) is 11.5 Å². The molecule has 1 rings (SSSR count). The van der Waals surface area contributed by atoms with E-state index in [0.29, 0.717) is 11.5 Å². The summed E-state index contributed by atoms with van der Waals surface area (Å²) in [4.78, 5) is 10.5. The summed E-state index contributed by atoms with van der Waals surface area (Å²) in [6.45, 7) is 0.142. The number of carbonyl (C=O) groups excluding carboxylic acids is 1. The normalized spacial score (nSPS) is 12.4. The van der Waals surface area contributed by atoms with E-state index in [9.17, 15) is 13.2 Å². The summed E-state index contributed by atoms with van der Waals surface area (Å²) in [6, 6.07) is 3.27. The molecule has 7 heteroatoms. The Hall–Kier alpha value is -1.60. The number of primary amides is 1. The van der Waals surface area contributed by atoms with Crippen molar-refractivity contribution in [2.24, 2.45) is 5.73 Å². The maximum Gasteiger partial charge on any atom is 0.241 e. The van der Waals surface area contributed by atoms with Crippen LogP contribution < -0.4 is 5.73 Å². The minimum absolute atomic E-state index is 0.142. The second kappa shape index (κ2) is 5.15. The van der Waals surface area contributed by atoms with Gasteiger partial charge in [-0.05, 0) is 18.2 Å². The smallest absolute Gasteiger partial charge is 0.241 e. The predicted octanol–water partition coefficient (Wildman–Crippen LogP) is 0.170. The summed E-state index contributed by atoms with van der Waals surface area (Å²) in [5, 5.41) is 0. The Balaban J connectivity index is 2.73. The van der Waals surface area contributed by atoms with Gasteiger partial charge in [0, 0.05) is 13.1 Å². The fourth-order valence-electron chi connectivity index (χ4n) is 1.07. The van der Waals surface area contributed by atoms with Crippen LogP contribution in [0.15, 0.2) is 22.6 Å².